The van der Waals surface area contributed by atoms with E-state index < -0.39 is 0 Å². The van der Waals surface area contributed by atoms with E-state index in [0.29, 0.717) is 29.0 Å². The van der Waals surface area contributed by atoms with E-state index in [9.17, 15) is 0 Å². The van der Waals surface area contributed by atoms with Gasteiger partial charge in [0.15, 0.2) is 11.8 Å². The highest BCUT2D eigenvalue weighted by Gasteiger charge is 2.10. The predicted octanol–water partition coefficient (Wildman–Crippen LogP) is 2.96. The van der Waals surface area contributed by atoms with Crippen LogP contribution in [0.25, 0.3) is 11.4 Å². The molecular formula is C18H19N5O2S. The minimum absolute atomic E-state index is 0.244. The first kappa shape index (κ1) is 17.7. The van der Waals surface area contributed by atoms with Crippen molar-refractivity contribution in [2.24, 2.45) is 10.7 Å². The van der Waals surface area contributed by atoms with Crippen LogP contribution in [0, 0.1) is 0 Å². The van der Waals surface area contributed by atoms with Crippen molar-refractivity contribution in [3.8, 4) is 22.9 Å². The van der Waals surface area contributed by atoms with E-state index >= 15 is 0 Å². The highest BCUT2D eigenvalue weighted by molar-refractivity contribution is 7.09. The van der Waals surface area contributed by atoms with Gasteiger partial charge < -0.3 is 20.5 Å². The smallest absolute Gasteiger partial charge is 0.232 e. The molecule has 0 bridgehead atoms. The Bertz CT molecular complexity index is 873. The second-order valence-corrected chi connectivity index (χ2v) is 5.99. The molecule has 0 aliphatic carbocycles. The molecule has 3 rings (SSSR count). The summed E-state index contributed by atoms with van der Waals surface area (Å²) in [4.78, 5) is 8.67. The number of guanidine groups is 1. The van der Waals surface area contributed by atoms with Gasteiger partial charge in [0, 0.05) is 17.1 Å². The fraction of sp³-hybridized carbons (Fsp3) is 0.167. The van der Waals surface area contributed by atoms with Crippen molar-refractivity contribution < 1.29 is 9.47 Å². The van der Waals surface area contributed by atoms with Crippen LogP contribution < -0.4 is 20.5 Å². The van der Waals surface area contributed by atoms with Gasteiger partial charge in [0.1, 0.15) is 11.5 Å². The zero-order valence-corrected chi connectivity index (χ0v) is 15.3. The third kappa shape index (κ3) is 4.09. The van der Waals surface area contributed by atoms with Crippen LogP contribution in [0.4, 0.5) is 5.13 Å². The molecule has 0 atom stereocenters. The molecule has 0 aliphatic rings. The molecule has 0 saturated carbocycles. The lowest BCUT2D eigenvalue weighted by Crippen LogP contribution is -2.31. The van der Waals surface area contributed by atoms with Crippen molar-refractivity contribution in [1.82, 2.24) is 14.7 Å². The van der Waals surface area contributed by atoms with Crippen molar-refractivity contribution in [2.45, 2.75) is 6.54 Å². The zero-order chi connectivity index (χ0) is 18.4. The first-order chi connectivity index (χ1) is 12.7. The second-order valence-electron chi connectivity index (χ2n) is 5.26. The third-order valence-electron chi connectivity index (χ3n) is 3.64. The summed E-state index contributed by atoms with van der Waals surface area (Å²) in [5.41, 5.74) is 7.78. The van der Waals surface area contributed by atoms with Crippen LogP contribution in [-0.2, 0) is 6.54 Å². The lowest BCUT2D eigenvalue weighted by atomic mass is 10.1. The van der Waals surface area contributed by atoms with Gasteiger partial charge in [0.25, 0.3) is 0 Å². The summed E-state index contributed by atoms with van der Waals surface area (Å²) < 4.78 is 15.1. The number of nitrogens with zero attached hydrogens (tertiary/aromatic N) is 3. The van der Waals surface area contributed by atoms with Crippen LogP contribution in [0.5, 0.6) is 11.5 Å². The van der Waals surface area contributed by atoms with Gasteiger partial charge in [-0.1, -0.05) is 36.4 Å². The first-order valence-electron chi connectivity index (χ1n) is 7.88. The first-order valence-corrected chi connectivity index (χ1v) is 8.65. The van der Waals surface area contributed by atoms with Crippen molar-refractivity contribution >= 4 is 22.6 Å². The lowest BCUT2D eigenvalue weighted by Gasteiger charge is -2.13. The molecule has 3 aromatic rings. The normalized spacial score (nSPS) is 11.2. The number of ether oxygens (including phenoxy) is 2. The van der Waals surface area contributed by atoms with E-state index in [4.69, 9.17) is 15.2 Å². The Morgan fingerprint density at radius 1 is 1.08 bits per heavy atom. The molecule has 1 heterocycles. The van der Waals surface area contributed by atoms with Gasteiger partial charge in [-0.15, -0.1) is 0 Å². The monoisotopic (exact) mass is 369 g/mol. The maximum absolute atomic E-state index is 5.98. The number of aromatic nitrogens is 2. The molecule has 0 amide bonds. The molecule has 134 valence electrons. The van der Waals surface area contributed by atoms with Gasteiger partial charge in [-0.05, 0) is 12.1 Å². The van der Waals surface area contributed by atoms with Crippen molar-refractivity contribution in [1.29, 1.82) is 0 Å². The predicted molar refractivity (Wildman–Crippen MR) is 103 cm³/mol. The molecular weight excluding hydrogens is 350 g/mol. The fourth-order valence-corrected chi connectivity index (χ4v) is 2.97. The summed E-state index contributed by atoms with van der Waals surface area (Å²) in [5.74, 6) is 2.31. The van der Waals surface area contributed by atoms with Gasteiger partial charge in [-0.3, -0.25) is 0 Å². The Labute approximate surface area is 155 Å². The highest BCUT2D eigenvalue weighted by atomic mass is 32.1. The van der Waals surface area contributed by atoms with Gasteiger partial charge in [-0.25, -0.2) is 0 Å². The van der Waals surface area contributed by atoms with Crippen molar-refractivity contribution in [3.05, 3.63) is 54.1 Å². The molecule has 0 spiro atoms. The molecule has 26 heavy (non-hydrogen) atoms. The van der Waals surface area contributed by atoms with Gasteiger partial charge in [-0.2, -0.15) is 14.3 Å². The minimum Gasteiger partial charge on any atom is -0.496 e. The maximum atomic E-state index is 5.98. The number of nitrogens with two attached hydrogens (primary N) is 1. The van der Waals surface area contributed by atoms with E-state index in [1.54, 1.807) is 14.2 Å². The van der Waals surface area contributed by atoms with Crippen LogP contribution in [0.3, 0.4) is 0 Å². The molecule has 7 nitrogen and oxygen atoms in total. The standard InChI is InChI=1S/C18H19N5O2S/c1-24-14-9-6-10-15(25-2)13(14)11-20-17(19)22-18-21-16(23-26-18)12-7-4-3-5-8-12/h3-10H,11H2,1-2H3,(H3,19,20,21,22,23). The Morgan fingerprint density at radius 3 is 2.42 bits per heavy atom. The average Bonchev–Trinajstić information content (AvgIpc) is 3.15. The number of nitrogens with one attached hydrogen (secondary N) is 1. The molecule has 2 aromatic carbocycles. The number of benzene rings is 2. The Hall–Kier alpha value is -3.13. The van der Waals surface area contributed by atoms with Crippen LogP contribution in [0.2, 0.25) is 0 Å². The van der Waals surface area contributed by atoms with Gasteiger partial charge >= 0.3 is 0 Å². The minimum atomic E-state index is 0.244. The van der Waals surface area contributed by atoms with Gasteiger partial charge in [0.2, 0.25) is 5.13 Å². The summed E-state index contributed by atoms with van der Waals surface area (Å²) >= 11 is 1.19. The number of methoxy groups -OCH3 is 2. The van der Waals surface area contributed by atoms with Crippen LogP contribution in [0.15, 0.2) is 53.5 Å². The molecule has 0 aliphatic heterocycles. The maximum Gasteiger partial charge on any atom is 0.232 e. The molecule has 8 heteroatoms. The zero-order valence-electron chi connectivity index (χ0n) is 14.5. The van der Waals surface area contributed by atoms with E-state index in [1.807, 2.05) is 48.5 Å². The quantitative estimate of drug-likeness (QED) is 0.512. The molecule has 3 N–H and O–H groups in total. The number of aliphatic imine (C=N–C) groups is 1. The van der Waals surface area contributed by atoms with Crippen LogP contribution in [0.1, 0.15) is 5.56 Å². The Kier molecular flexibility index (Phi) is 5.65. The summed E-state index contributed by atoms with van der Waals surface area (Å²) in [7, 11) is 3.23. The van der Waals surface area contributed by atoms with E-state index in [0.717, 1.165) is 11.1 Å². The number of hydrogen-bond donors (Lipinski definition) is 2. The lowest BCUT2D eigenvalue weighted by molar-refractivity contribution is 0.384. The largest absolute Gasteiger partial charge is 0.496 e. The topological polar surface area (TPSA) is 94.7 Å². The molecule has 0 fully saturated rings. The molecule has 0 unspecified atom stereocenters. The molecule has 1 aromatic heterocycles. The van der Waals surface area contributed by atoms with Crippen molar-refractivity contribution in [2.75, 3.05) is 14.2 Å². The van der Waals surface area contributed by atoms with E-state index in [-0.39, 0.29) is 5.96 Å². The Morgan fingerprint density at radius 2 is 1.77 bits per heavy atom. The van der Waals surface area contributed by atoms with Crippen LogP contribution in [-0.4, -0.2) is 29.5 Å². The summed E-state index contributed by atoms with van der Waals surface area (Å²) in [6.07, 6.45) is 0. The number of rotatable bonds is 6. The molecule has 0 radical (unpaired) electrons. The number of hydrogen-bond acceptors (Lipinski definition) is 6. The molecule has 0 saturated heterocycles. The summed E-state index contributed by atoms with van der Waals surface area (Å²) in [6, 6.07) is 15.3. The average molecular weight is 369 g/mol. The third-order valence-corrected chi connectivity index (χ3v) is 4.25. The highest BCUT2D eigenvalue weighted by Crippen LogP contribution is 2.28. The van der Waals surface area contributed by atoms with E-state index in [1.165, 1.54) is 11.5 Å². The SMILES string of the molecule is COc1cccc(OC)c1CNC(N)=Nc1nc(-c2ccccc2)ns1. The second kappa shape index (κ2) is 8.30. The summed E-state index contributed by atoms with van der Waals surface area (Å²) in [6.45, 7) is 0.410. The van der Waals surface area contributed by atoms with Gasteiger partial charge in [0.05, 0.1) is 26.3 Å². The Balaban J connectivity index is 1.71. The van der Waals surface area contributed by atoms with E-state index in [2.05, 4.69) is 19.7 Å². The fourth-order valence-electron chi connectivity index (χ4n) is 2.39. The van der Waals surface area contributed by atoms with Crippen molar-refractivity contribution in [3.63, 3.8) is 0 Å². The van der Waals surface area contributed by atoms with Crippen LogP contribution >= 0.6 is 11.5 Å². The summed E-state index contributed by atoms with van der Waals surface area (Å²) in [5, 5.41) is 3.54.